The highest BCUT2D eigenvalue weighted by molar-refractivity contribution is 6.74. The molecule has 5 aromatic rings. The van der Waals surface area contributed by atoms with Crippen molar-refractivity contribution < 1.29 is 22.3 Å². The molecular formula is C36H41F3N8O2Si. The number of methoxy groups -OCH3 is 1. The van der Waals surface area contributed by atoms with Gasteiger partial charge in [0.1, 0.15) is 17.7 Å². The summed E-state index contributed by atoms with van der Waals surface area (Å²) < 4.78 is 56.7. The summed E-state index contributed by atoms with van der Waals surface area (Å²) >= 11 is 0. The molecule has 0 bridgehead atoms. The minimum absolute atomic E-state index is 0.0173. The molecule has 2 fully saturated rings. The molecule has 4 aromatic heterocycles. The molecule has 50 heavy (non-hydrogen) atoms. The third kappa shape index (κ3) is 6.82. The Morgan fingerprint density at radius 1 is 1.00 bits per heavy atom. The minimum Gasteiger partial charge on any atom is -0.480 e. The van der Waals surface area contributed by atoms with Gasteiger partial charge in [-0.3, -0.25) is 0 Å². The van der Waals surface area contributed by atoms with E-state index in [-0.39, 0.29) is 11.1 Å². The summed E-state index contributed by atoms with van der Waals surface area (Å²) in [4.78, 5) is 22.5. The van der Waals surface area contributed by atoms with Crippen molar-refractivity contribution in [2.24, 2.45) is 0 Å². The van der Waals surface area contributed by atoms with E-state index in [1.54, 1.807) is 28.8 Å². The Balaban J connectivity index is 1.26. The van der Waals surface area contributed by atoms with Gasteiger partial charge >= 0.3 is 6.18 Å². The largest absolute Gasteiger partial charge is 0.480 e. The molecule has 2 aliphatic carbocycles. The van der Waals surface area contributed by atoms with Gasteiger partial charge in [0.2, 0.25) is 5.88 Å². The zero-order chi connectivity index (χ0) is 35.4. The Morgan fingerprint density at radius 2 is 1.78 bits per heavy atom. The molecule has 14 heteroatoms. The van der Waals surface area contributed by atoms with Gasteiger partial charge in [-0.15, -0.1) is 0 Å². The number of hydrogen-bond acceptors (Lipinski definition) is 8. The topological polar surface area (TPSA) is 106 Å². The molecule has 0 spiro atoms. The first-order chi connectivity index (χ1) is 23.7. The lowest BCUT2D eigenvalue weighted by atomic mass is 10.0. The van der Waals surface area contributed by atoms with E-state index < -0.39 is 20.2 Å². The van der Waals surface area contributed by atoms with Crippen molar-refractivity contribution >= 4 is 25.4 Å². The maximum Gasteiger partial charge on any atom is 0.434 e. The molecule has 2 saturated carbocycles. The third-order valence-electron chi connectivity index (χ3n) is 9.93. The van der Waals surface area contributed by atoms with Crippen LogP contribution < -0.4 is 4.74 Å². The number of ether oxygens (including phenoxy) is 1. The Kier molecular flexibility index (Phi) is 8.65. The van der Waals surface area contributed by atoms with Crippen LogP contribution in [0.25, 0.3) is 39.9 Å². The van der Waals surface area contributed by atoms with E-state index >= 15 is 0 Å². The summed E-state index contributed by atoms with van der Waals surface area (Å²) in [5.41, 5.74) is 3.65. The van der Waals surface area contributed by atoms with E-state index in [0.29, 0.717) is 53.4 Å². The van der Waals surface area contributed by atoms with Gasteiger partial charge in [0.15, 0.2) is 25.5 Å². The number of hydrogen-bond donors (Lipinski definition) is 0. The van der Waals surface area contributed by atoms with Crippen molar-refractivity contribution in [3.8, 4) is 28.7 Å². The molecule has 0 unspecified atom stereocenters. The van der Waals surface area contributed by atoms with E-state index in [4.69, 9.17) is 14.1 Å². The Labute approximate surface area is 290 Å². The molecule has 10 nitrogen and oxygen atoms in total. The second kappa shape index (κ2) is 12.7. The number of imidazole rings is 1. The molecule has 0 atom stereocenters. The molecule has 262 valence electrons. The fourth-order valence-electron chi connectivity index (χ4n) is 5.73. The van der Waals surface area contributed by atoms with E-state index in [0.717, 1.165) is 54.1 Å². The monoisotopic (exact) mass is 702 g/mol. The van der Waals surface area contributed by atoms with Crippen molar-refractivity contribution in [2.45, 2.75) is 89.3 Å². The number of halogens is 3. The van der Waals surface area contributed by atoms with Gasteiger partial charge in [-0.25, -0.2) is 29.6 Å². The molecule has 0 N–H and O–H groups in total. The maximum absolute atomic E-state index is 13.8. The van der Waals surface area contributed by atoms with Crippen molar-refractivity contribution in [3.05, 3.63) is 71.7 Å². The van der Waals surface area contributed by atoms with Crippen LogP contribution in [0.2, 0.25) is 18.1 Å². The fraction of sp³-hybridized carbons (Fsp3) is 0.444. The molecule has 2 aliphatic rings. The molecule has 0 aliphatic heterocycles. The SMILES string of the molecule is COc1ncnc(C2CC2)c1-c1ncc2cnn(Cc3ccc(-c4nc(C(F)(F)F)cn4C4CC4)cc3/C=C/CO[Si](C)(C)C(C)(C)C)c2n1. The number of aromatic nitrogens is 8. The molecule has 1 aromatic carbocycles. The second-order valence-electron chi connectivity index (χ2n) is 14.7. The van der Waals surface area contributed by atoms with Crippen molar-refractivity contribution in [1.29, 1.82) is 0 Å². The Morgan fingerprint density at radius 3 is 2.46 bits per heavy atom. The fourth-order valence-corrected chi connectivity index (χ4v) is 6.68. The normalized spacial score (nSPS) is 15.8. The zero-order valence-corrected chi connectivity index (χ0v) is 30.1. The minimum atomic E-state index is -4.53. The highest BCUT2D eigenvalue weighted by Crippen LogP contribution is 2.45. The first-order valence-electron chi connectivity index (χ1n) is 16.9. The Bertz CT molecular complexity index is 2070. The summed E-state index contributed by atoms with van der Waals surface area (Å²) in [6.07, 6.45) is 9.26. The molecule has 7 rings (SSSR count). The first-order valence-corrected chi connectivity index (χ1v) is 19.8. The van der Waals surface area contributed by atoms with Crippen LogP contribution in [-0.4, -0.2) is 61.3 Å². The molecule has 0 amide bonds. The summed E-state index contributed by atoms with van der Waals surface area (Å²) in [7, 11) is -0.424. The molecule has 0 saturated heterocycles. The van der Waals surface area contributed by atoms with Crippen LogP contribution >= 0.6 is 0 Å². The van der Waals surface area contributed by atoms with Gasteiger partial charge in [0.25, 0.3) is 0 Å². The molecule has 4 heterocycles. The van der Waals surface area contributed by atoms with Gasteiger partial charge in [-0.05, 0) is 61.0 Å². The van der Waals surface area contributed by atoms with E-state index in [9.17, 15) is 13.2 Å². The van der Waals surface area contributed by atoms with Crippen molar-refractivity contribution in [3.63, 3.8) is 0 Å². The highest BCUT2D eigenvalue weighted by atomic mass is 28.4. The van der Waals surface area contributed by atoms with Crippen LogP contribution in [0.4, 0.5) is 13.2 Å². The first kappa shape index (κ1) is 34.0. The van der Waals surface area contributed by atoms with Crippen LogP contribution in [0.15, 0.2) is 49.2 Å². The summed E-state index contributed by atoms with van der Waals surface area (Å²) in [5, 5.41) is 5.48. The lowest BCUT2D eigenvalue weighted by Crippen LogP contribution is -2.40. The van der Waals surface area contributed by atoms with Gasteiger partial charge < -0.3 is 13.7 Å². The predicted molar refractivity (Wildman–Crippen MR) is 187 cm³/mol. The van der Waals surface area contributed by atoms with Gasteiger partial charge in [-0.2, -0.15) is 18.3 Å². The quantitative estimate of drug-likeness (QED) is 0.126. The lowest BCUT2D eigenvalue weighted by molar-refractivity contribution is -0.140. The number of benzene rings is 1. The lowest BCUT2D eigenvalue weighted by Gasteiger charge is -2.35. The van der Waals surface area contributed by atoms with Crippen LogP contribution in [0.1, 0.15) is 80.9 Å². The predicted octanol–water partition coefficient (Wildman–Crippen LogP) is 8.47. The smallest absolute Gasteiger partial charge is 0.434 e. The second-order valence-corrected chi connectivity index (χ2v) is 19.5. The number of rotatable bonds is 11. The third-order valence-corrected chi connectivity index (χ3v) is 14.4. The number of alkyl halides is 3. The number of nitrogens with zero attached hydrogens (tertiary/aromatic N) is 8. The van der Waals surface area contributed by atoms with Crippen molar-refractivity contribution in [2.75, 3.05) is 13.7 Å². The van der Waals surface area contributed by atoms with Crippen molar-refractivity contribution in [1.82, 2.24) is 39.3 Å². The summed E-state index contributed by atoms with van der Waals surface area (Å²) in [5.74, 6) is 1.52. The van der Waals surface area contributed by atoms with Crippen LogP contribution in [0.5, 0.6) is 5.88 Å². The highest BCUT2D eigenvalue weighted by Gasteiger charge is 2.38. The van der Waals surface area contributed by atoms with Crippen LogP contribution in [-0.2, 0) is 17.1 Å². The van der Waals surface area contributed by atoms with E-state index in [1.807, 2.05) is 30.4 Å². The van der Waals surface area contributed by atoms with E-state index in [1.165, 1.54) is 6.33 Å². The summed E-state index contributed by atoms with van der Waals surface area (Å²) in [6.45, 7) is 11.8. The number of fused-ring (bicyclic) bond motifs is 1. The average molecular weight is 703 g/mol. The molecular weight excluding hydrogens is 662 g/mol. The Hall–Kier alpha value is -4.43. The van der Waals surface area contributed by atoms with Gasteiger partial charge in [-0.1, -0.05) is 45.1 Å². The zero-order valence-electron chi connectivity index (χ0n) is 29.1. The average Bonchev–Trinajstić information content (AvgIpc) is 4.01. The summed E-state index contributed by atoms with van der Waals surface area (Å²) in [6, 6.07) is 5.68. The van der Waals surface area contributed by atoms with Crippen LogP contribution in [0, 0.1) is 0 Å². The maximum atomic E-state index is 13.8. The van der Waals surface area contributed by atoms with Crippen LogP contribution in [0.3, 0.4) is 0 Å². The van der Waals surface area contributed by atoms with E-state index in [2.05, 4.69) is 58.9 Å². The van der Waals surface area contributed by atoms with Gasteiger partial charge in [0, 0.05) is 29.9 Å². The molecule has 0 radical (unpaired) electrons. The van der Waals surface area contributed by atoms with Gasteiger partial charge in [0.05, 0.1) is 37.5 Å². The standard InChI is InChI=1S/C36H41F3N8O2Si/c1-35(2,3)50(5,6)49-15-7-8-23-16-24(32-44-28(36(37,38)39)20-46(32)27-13-14-27)11-12-25(23)19-47-33-26(18-43-47)17-40-31(45-33)29-30(22-9-10-22)41-21-42-34(29)48-4/h7-8,11-12,16-18,20-22,27H,9-10,13-15,19H2,1-6H3/b8-7+.